The molecular formula is C23H26F3N5O3. The first-order valence-corrected chi connectivity index (χ1v) is 10.9. The molecule has 8 nitrogen and oxygen atoms in total. The first kappa shape index (κ1) is 24.0. The van der Waals surface area contributed by atoms with Crippen LogP contribution in [0, 0.1) is 12.7 Å². The number of pyridine rings is 1. The standard InChI is InChI=1S/C23H26F3N5O3/c1-12(15-5-4-6-17(19(15)24)23(25,26)11-32)27-21-16-9-18(31-8-7-14(33)10-31)22(34-3)28-20(16)13(2)29-30-21/h4-6,9,12,14,32-33H,7-8,10-11H2,1-3H3,(H,27,30)/t12-,14+/m1/s1. The van der Waals surface area contributed by atoms with E-state index in [1.54, 1.807) is 13.8 Å². The molecule has 1 fully saturated rings. The number of benzene rings is 1. The molecule has 0 radical (unpaired) electrons. The third-order valence-corrected chi connectivity index (χ3v) is 6.00. The van der Waals surface area contributed by atoms with Gasteiger partial charge in [0.1, 0.15) is 23.6 Å². The first-order valence-electron chi connectivity index (χ1n) is 10.9. The number of ether oxygens (including phenoxy) is 1. The summed E-state index contributed by atoms with van der Waals surface area (Å²) in [7, 11) is 1.51. The van der Waals surface area contributed by atoms with E-state index in [4.69, 9.17) is 9.84 Å². The maximum Gasteiger partial charge on any atom is 0.298 e. The van der Waals surface area contributed by atoms with Crippen molar-refractivity contribution in [3.05, 3.63) is 46.9 Å². The Morgan fingerprint density at radius 2 is 2.09 bits per heavy atom. The third-order valence-electron chi connectivity index (χ3n) is 6.00. The summed E-state index contributed by atoms with van der Waals surface area (Å²) in [5.74, 6) is -4.13. The fraction of sp³-hybridized carbons (Fsp3) is 0.435. The highest BCUT2D eigenvalue weighted by atomic mass is 19.3. The topological polar surface area (TPSA) is 104 Å². The van der Waals surface area contributed by atoms with E-state index in [2.05, 4.69) is 20.5 Å². The molecule has 3 aromatic rings. The number of alkyl halides is 2. The first-order chi connectivity index (χ1) is 16.2. The Kier molecular flexibility index (Phi) is 6.50. The Bertz CT molecular complexity index is 1210. The predicted molar refractivity (Wildman–Crippen MR) is 121 cm³/mol. The zero-order valence-electron chi connectivity index (χ0n) is 19.0. The molecule has 0 amide bonds. The van der Waals surface area contributed by atoms with E-state index in [0.717, 1.165) is 6.07 Å². The Morgan fingerprint density at radius 1 is 1.32 bits per heavy atom. The molecule has 0 saturated carbocycles. The molecule has 34 heavy (non-hydrogen) atoms. The number of hydrogen-bond acceptors (Lipinski definition) is 8. The Morgan fingerprint density at radius 3 is 2.74 bits per heavy atom. The monoisotopic (exact) mass is 477 g/mol. The SMILES string of the molecule is COc1nc2c(C)nnc(N[C@H](C)c3cccc(C(F)(F)CO)c3F)c2cc1N1CC[C@H](O)C1. The number of fused-ring (bicyclic) bond motifs is 1. The number of aliphatic hydroxyl groups excluding tert-OH is 2. The minimum Gasteiger partial charge on any atom is -0.480 e. The fourth-order valence-corrected chi connectivity index (χ4v) is 4.15. The van der Waals surface area contributed by atoms with Gasteiger partial charge in [-0.05, 0) is 32.4 Å². The molecule has 1 saturated heterocycles. The molecule has 0 bridgehead atoms. The minimum absolute atomic E-state index is 0.00879. The van der Waals surface area contributed by atoms with E-state index in [9.17, 15) is 18.3 Å². The number of nitrogens with one attached hydrogen (secondary N) is 1. The molecule has 1 aromatic carbocycles. The number of aliphatic hydroxyl groups is 2. The lowest BCUT2D eigenvalue weighted by Gasteiger charge is -2.23. The van der Waals surface area contributed by atoms with Gasteiger partial charge in [0.15, 0.2) is 5.82 Å². The largest absolute Gasteiger partial charge is 0.480 e. The van der Waals surface area contributed by atoms with Gasteiger partial charge in [-0.25, -0.2) is 9.37 Å². The van der Waals surface area contributed by atoms with Gasteiger partial charge in [-0.1, -0.05) is 12.1 Å². The van der Waals surface area contributed by atoms with Gasteiger partial charge in [0.05, 0.1) is 30.5 Å². The van der Waals surface area contributed by atoms with E-state index in [1.165, 1.54) is 19.2 Å². The summed E-state index contributed by atoms with van der Waals surface area (Å²) in [5.41, 5.74) is 0.861. The summed E-state index contributed by atoms with van der Waals surface area (Å²) >= 11 is 0. The van der Waals surface area contributed by atoms with E-state index in [0.29, 0.717) is 53.5 Å². The summed E-state index contributed by atoms with van der Waals surface area (Å²) in [6, 6.07) is 4.73. The van der Waals surface area contributed by atoms with Crippen molar-refractivity contribution in [2.45, 2.75) is 38.3 Å². The maximum atomic E-state index is 15.0. The van der Waals surface area contributed by atoms with E-state index < -0.39 is 36.1 Å². The number of nitrogens with zero attached hydrogens (tertiary/aromatic N) is 4. The van der Waals surface area contributed by atoms with Crippen LogP contribution in [0.4, 0.5) is 24.7 Å². The van der Waals surface area contributed by atoms with Crippen molar-refractivity contribution in [1.82, 2.24) is 15.2 Å². The fourth-order valence-electron chi connectivity index (χ4n) is 4.15. The minimum atomic E-state index is -3.70. The Labute approximate surface area is 194 Å². The van der Waals surface area contributed by atoms with Crippen LogP contribution < -0.4 is 15.0 Å². The molecule has 3 N–H and O–H groups in total. The quantitative estimate of drug-likeness (QED) is 0.476. The normalized spacial score (nSPS) is 17.3. The lowest BCUT2D eigenvalue weighted by Crippen LogP contribution is -2.22. The highest BCUT2D eigenvalue weighted by Crippen LogP contribution is 2.37. The van der Waals surface area contributed by atoms with Crippen LogP contribution in [-0.4, -0.2) is 58.3 Å². The van der Waals surface area contributed by atoms with E-state index in [1.807, 2.05) is 11.0 Å². The second-order valence-electron chi connectivity index (χ2n) is 8.37. The van der Waals surface area contributed by atoms with Crippen molar-refractivity contribution in [2.24, 2.45) is 0 Å². The molecule has 0 unspecified atom stereocenters. The predicted octanol–water partition coefficient (Wildman–Crippen LogP) is 3.31. The van der Waals surface area contributed by atoms with Crippen molar-refractivity contribution in [1.29, 1.82) is 0 Å². The van der Waals surface area contributed by atoms with Gasteiger partial charge in [-0.2, -0.15) is 13.9 Å². The molecular weight excluding hydrogens is 451 g/mol. The lowest BCUT2D eigenvalue weighted by molar-refractivity contribution is -0.0583. The van der Waals surface area contributed by atoms with Gasteiger partial charge in [-0.15, -0.1) is 5.10 Å². The van der Waals surface area contributed by atoms with Crippen molar-refractivity contribution >= 4 is 22.4 Å². The number of aryl methyl sites for hydroxylation is 1. The lowest BCUT2D eigenvalue weighted by atomic mass is 10.00. The molecule has 0 aliphatic carbocycles. The van der Waals surface area contributed by atoms with E-state index >= 15 is 0 Å². The summed E-state index contributed by atoms with van der Waals surface area (Å²) in [5, 5.41) is 30.9. The van der Waals surface area contributed by atoms with Gasteiger partial charge in [0, 0.05) is 24.0 Å². The number of hydrogen-bond donors (Lipinski definition) is 3. The van der Waals surface area contributed by atoms with Crippen molar-refractivity contribution in [3.8, 4) is 5.88 Å². The summed E-state index contributed by atoms with van der Waals surface area (Å²) in [4.78, 5) is 6.55. The zero-order chi connectivity index (χ0) is 24.6. The molecule has 4 rings (SSSR count). The molecule has 2 aromatic heterocycles. The number of β-amino-alcohol motifs (C(OH)–C–C–N with tert-alkyl or cyclic N) is 1. The van der Waals surface area contributed by atoms with Crippen molar-refractivity contribution in [2.75, 3.05) is 37.0 Å². The number of rotatable bonds is 7. The molecule has 1 aliphatic rings. The average Bonchev–Trinajstić information content (AvgIpc) is 3.26. The molecule has 1 aliphatic heterocycles. The van der Waals surface area contributed by atoms with Crippen molar-refractivity contribution in [3.63, 3.8) is 0 Å². The molecule has 2 atom stereocenters. The Hall–Kier alpha value is -3.18. The van der Waals surface area contributed by atoms with Crippen molar-refractivity contribution < 1.29 is 28.1 Å². The summed E-state index contributed by atoms with van der Waals surface area (Å²) in [6.07, 6.45) is 0.160. The van der Waals surface area contributed by atoms with Gasteiger partial charge in [0.25, 0.3) is 5.92 Å². The highest BCUT2D eigenvalue weighted by molar-refractivity contribution is 5.93. The molecule has 0 spiro atoms. The smallest absolute Gasteiger partial charge is 0.298 e. The number of anilines is 2. The van der Waals surface area contributed by atoms with E-state index in [-0.39, 0.29) is 5.56 Å². The van der Waals surface area contributed by atoms with Crippen LogP contribution in [0.1, 0.15) is 36.2 Å². The molecule has 182 valence electrons. The third kappa shape index (κ3) is 4.32. The van der Waals surface area contributed by atoms with Gasteiger partial charge >= 0.3 is 0 Å². The van der Waals surface area contributed by atoms with Crippen LogP contribution in [-0.2, 0) is 5.92 Å². The van der Waals surface area contributed by atoms with Crippen LogP contribution in [0.25, 0.3) is 10.9 Å². The van der Waals surface area contributed by atoms with Crippen LogP contribution >= 0.6 is 0 Å². The van der Waals surface area contributed by atoms with Crippen LogP contribution in [0.2, 0.25) is 0 Å². The second-order valence-corrected chi connectivity index (χ2v) is 8.37. The molecule has 11 heteroatoms. The van der Waals surface area contributed by atoms with Crippen LogP contribution in [0.5, 0.6) is 5.88 Å². The summed E-state index contributed by atoms with van der Waals surface area (Å²) < 4.78 is 48.4. The van der Waals surface area contributed by atoms with Gasteiger partial charge in [0.2, 0.25) is 5.88 Å². The Balaban J connectivity index is 1.75. The maximum absolute atomic E-state index is 15.0. The van der Waals surface area contributed by atoms with Gasteiger partial charge in [-0.3, -0.25) is 0 Å². The van der Waals surface area contributed by atoms with Crippen LogP contribution in [0.3, 0.4) is 0 Å². The second kappa shape index (κ2) is 9.22. The average molecular weight is 477 g/mol. The highest BCUT2D eigenvalue weighted by Gasteiger charge is 2.35. The van der Waals surface area contributed by atoms with Crippen LogP contribution in [0.15, 0.2) is 24.3 Å². The zero-order valence-corrected chi connectivity index (χ0v) is 19.0. The summed E-state index contributed by atoms with van der Waals surface area (Å²) in [6.45, 7) is 2.91. The number of methoxy groups -OCH3 is 1. The van der Waals surface area contributed by atoms with Gasteiger partial charge < -0.3 is 25.2 Å². The number of aromatic nitrogens is 3. The molecule has 3 heterocycles. The number of halogens is 3.